The summed E-state index contributed by atoms with van der Waals surface area (Å²) in [5.41, 5.74) is 0.637. The first-order valence-corrected chi connectivity index (χ1v) is 9.39. The zero-order chi connectivity index (χ0) is 18.7. The standard InChI is InChI=1S/C19H23ClN2O4/c1-2-26-19(25)13-6-5-9-21(11-13)18(24)14-10-17(23)22(12-14)16-8-4-3-7-15(16)20/h3-4,7-8,13-14H,2,5-6,9-12H2,1H3/t13-,14-/m0/s1. The second-order valence-electron chi connectivity index (χ2n) is 6.73. The van der Waals surface area contributed by atoms with E-state index in [1.54, 1.807) is 34.9 Å². The molecule has 2 heterocycles. The highest BCUT2D eigenvalue weighted by Gasteiger charge is 2.39. The van der Waals surface area contributed by atoms with Crippen LogP contribution in [0.4, 0.5) is 5.69 Å². The summed E-state index contributed by atoms with van der Waals surface area (Å²) in [6.45, 7) is 3.42. The van der Waals surface area contributed by atoms with Crippen LogP contribution in [-0.4, -0.2) is 48.9 Å². The van der Waals surface area contributed by atoms with E-state index in [9.17, 15) is 14.4 Å². The molecule has 1 aromatic rings. The molecule has 0 bridgehead atoms. The molecule has 2 atom stereocenters. The molecule has 2 aliphatic rings. The summed E-state index contributed by atoms with van der Waals surface area (Å²) in [6.07, 6.45) is 1.67. The fourth-order valence-corrected chi connectivity index (χ4v) is 3.90. The van der Waals surface area contributed by atoms with E-state index in [1.807, 2.05) is 6.07 Å². The number of likely N-dealkylation sites (tertiary alicyclic amines) is 1. The number of benzene rings is 1. The normalized spacial score (nSPS) is 23.2. The van der Waals surface area contributed by atoms with Crippen LogP contribution in [0.25, 0.3) is 0 Å². The van der Waals surface area contributed by atoms with Crippen molar-refractivity contribution in [1.29, 1.82) is 0 Å². The number of carbonyl (C=O) groups excluding carboxylic acids is 3. The van der Waals surface area contributed by atoms with E-state index in [0.717, 1.165) is 12.8 Å². The zero-order valence-electron chi connectivity index (χ0n) is 14.8. The number of hydrogen-bond donors (Lipinski definition) is 0. The first-order chi connectivity index (χ1) is 12.5. The monoisotopic (exact) mass is 378 g/mol. The van der Waals surface area contributed by atoms with Crippen LogP contribution < -0.4 is 4.90 Å². The lowest BCUT2D eigenvalue weighted by Crippen LogP contribution is -2.45. The number of carbonyl (C=O) groups is 3. The quantitative estimate of drug-likeness (QED) is 0.755. The Labute approximate surface area is 158 Å². The van der Waals surface area contributed by atoms with Gasteiger partial charge >= 0.3 is 5.97 Å². The third kappa shape index (κ3) is 3.85. The maximum Gasteiger partial charge on any atom is 0.310 e. The Morgan fingerprint density at radius 1 is 1.23 bits per heavy atom. The third-order valence-electron chi connectivity index (χ3n) is 4.97. The van der Waals surface area contributed by atoms with Crippen molar-refractivity contribution in [1.82, 2.24) is 4.90 Å². The zero-order valence-corrected chi connectivity index (χ0v) is 15.6. The van der Waals surface area contributed by atoms with Crippen molar-refractivity contribution in [3.05, 3.63) is 29.3 Å². The summed E-state index contributed by atoms with van der Waals surface area (Å²) < 4.78 is 5.09. The number of amides is 2. The van der Waals surface area contributed by atoms with Gasteiger partial charge in [-0.05, 0) is 31.9 Å². The summed E-state index contributed by atoms with van der Waals surface area (Å²) in [4.78, 5) is 40.6. The molecule has 0 spiro atoms. The van der Waals surface area contributed by atoms with Crippen LogP contribution in [0.3, 0.4) is 0 Å². The molecule has 2 amide bonds. The van der Waals surface area contributed by atoms with Gasteiger partial charge in [-0.15, -0.1) is 0 Å². The topological polar surface area (TPSA) is 66.9 Å². The van der Waals surface area contributed by atoms with Crippen LogP contribution >= 0.6 is 11.6 Å². The van der Waals surface area contributed by atoms with Gasteiger partial charge in [0, 0.05) is 26.1 Å². The number of nitrogens with zero attached hydrogens (tertiary/aromatic N) is 2. The number of anilines is 1. The Morgan fingerprint density at radius 2 is 2.00 bits per heavy atom. The van der Waals surface area contributed by atoms with Crippen molar-refractivity contribution in [3.8, 4) is 0 Å². The lowest BCUT2D eigenvalue weighted by molar-refractivity contribution is -0.152. The van der Waals surface area contributed by atoms with Gasteiger partial charge in [0.2, 0.25) is 11.8 Å². The molecule has 140 valence electrons. The van der Waals surface area contributed by atoms with Crippen LogP contribution in [0, 0.1) is 11.8 Å². The average molecular weight is 379 g/mol. The number of esters is 1. The smallest absolute Gasteiger partial charge is 0.310 e. The van der Waals surface area contributed by atoms with Gasteiger partial charge in [-0.1, -0.05) is 23.7 Å². The minimum absolute atomic E-state index is 0.0677. The molecular formula is C19H23ClN2O4. The van der Waals surface area contributed by atoms with Crippen molar-refractivity contribution >= 4 is 35.1 Å². The predicted octanol–water partition coefficient (Wildman–Crippen LogP) is 2.49. The highest BCUT2D eigenvalue weighted by atomic mass is 35.5. The van der Waals surface area contributed by atoms with Gasteiger partial charge in [0.25, 0.3) is 0 Å². The lowest BCUT2D eigenvalue weighted by atomic mass is 9.96. The Balaban J connectivity index is 1.66. The summed E-state index contributed by atoms with van der Waals surface area (Å²) in [5.74, 6) is -1.09. The third-order valence-corrected chi connectivity index (χ3v) is 5.29. The molecule has 0 saturated carbocycles. The van der Waals surface area contributed by atoms with Crippen LogP contribution in [-0.2, 0) is 19.1 Å². The molecule has 0 aliphatic carbocycles. The molecule has 26 heavy (non-hydrogen) atoms. The van der Waals surface area contributed by atoms with E-state index >= 15 is 0 Å². The summed E-state index contributed by atoms with van der Waals surface area (Å²) in [5, 5.41) is 0.495. The maximum absolute atomic E-state index is 12.9. The van der Waals surface area contributed by atoms with Crippen molar-refractivity contribution < 1.29 is 19.1 Å². The van der Waals surface area contributed by atoms with Gasteiger partial charge in [-0.3, -0.25) is 14.4 Å². The fraction of sp³-hybridized carbons (Fsp3) is 0.526. The highest BCUT2D eigenvalue weighted by Crippen LogP contribution is 2.32. The van der Waals surface area contributed by atoms with Crippen LogP contribution in [0.5, 0.6) is 0 Å². The lowest BCUT2D eigenvalue weighted by Gasteiger charge is -2.33. The van der Waals surface area contributed by atoms with Crippen molar-refractivity contribution in [2.24, 2.45) is 11.8 Å². The first-order valence-electron chi connectivity index (χ1n) is 9.01. The number of para-hydroxylation sites is 1. The molecule has 0 N–H and O–H groups in total. The van der Waals surface area contributed by atoms with E-state index in [1.165, 1.54) is 0 Å². The molecule has 0 aromatic heterocycles. The Kier molecular flexibility index (Phi) is 5.81. The summed E-state index contributed by atoms with van der Waals surface area (Å²) >= 11 is 6.19. The van der Waals surface area contributed by atoms with Gasteiger partial charge in [0.05, 0.1) is 29.2 Å². The second kappa shape index (κ2) is 8.08. The Hall–Kier alpha value is -2.08. The van der Waals surface area contributed by atoms with E-state index < -0.39 is 5.92 Å². The molecule has 3 rings (SSSR count). The van der Waals surface area contributed by atoms with E-state index in [4.69, 9.17) is 16.3 Å². The molecule has 6 nitrogen and oxygen atoms in total. The molecule has 7 heteroatoms. The molecule has 0 radical (unpaired) electrons. The first kappa shape index (κ1) is 18.7. The van der Waals surface area contributed by atoms with E-state index in [-0.39, 0.29) is 30.1 Å². The molecule has 2 fully saturated rings. The van der Waals surface area contributed by atoms with Gasteiger partial charge < -0.3 is 14.5 Å². The van der Waals surface area contributed by atoms with E-state index in [0.29, 0.717) is 37.0 Å². The van der Waals surface area contributed by atoms with Crippen LogP contribution in [0.2, 0.25) is 5.02 Å². The number of ether oxygens (including phenoxy) is 1. The highest BCUT2D eigenvalue weighted by molar-refractivity contribution is 6.33. The molecule has 2 aliphatic heterocycles. The van der Waals surface area contributed by atoms with Crippen molar-refractivity contribution in [2.75, 3.05) is 31.1 Å². The second-order valence-corrected chi connectivity index (χ2v) is 7.14. The van der Waals surface area contributed by atoms with Crippen molar-refractivity contribution in [2.45, 2.75) is 26.2 Å². The fourth-order valence-electron chi connectivity index (χ4n) is 3.66. The molecule has 2 saturated heterocycles. The SMILES string of the molecule is CCOC(=O)[C@H]1CCCN(C(=O)[C@H]2CC(=O)N(c3ccccc3Cl)C2)C1. The van der Waals surface area contributed by atoms with Crippen LogP contribution in [0.15, 0.2) is 24.3 Å². The van der Waals surface area contributed by atoms with Gasteiger partial charge in [-0.25, -0.2) is 0 Å². The minimum Gasteiger partial charge on any atom is -0.466 e. The number of hydrogen-bond acceptors (Lipinski definition) is 4. The molecule has 0 unspecified atom stereocenters. The van der Waals surface area contributed by atoms with Crippen LogP contribution in [0.1, 0.15) is 26.2 Å². The van der Waals surface area contributed by atoms with Crippen molar-refractivity contribution in [3.63, 3.8) is 0 Å². The van der Waals surface area contributed by atoms with E-state index in [2.05, 4.69) is 0 Å². The van der Waals surface area contributed by atoms with Gasteiger partial charge in [0.1, 0.15) is 0 Å². The Morgan fingerprint density at radius 3 is 2.73 bits per heavy atom. The number of rotatable bonds is 4. The van der Waals surface area contributed by atoms with Gasteiger partial charge in [-0.2, -0.15) is 0 Å². The van der Waals surface area contributed by atoms with Gasteiger partial charge in [0.15, 0.2) is 0 Å². The molecular weight excluding hydrogens is 356 g/mol. The number of piperidine rings is 1. The largest absolute Gasteiger partial charge is 0.466 e. The summed E-state index contributed by atoms with van der Waals surface area (Å²) in [6, 6.07) is 7.13. The minimum atomic E-state index is -0.403. The summed E-state index contributed by atoms with van der Waals surface area (Å²) in [7, 11) is 0. The number of halogens is 1. The Bertz CT molecular complexity index is 709. The maximum atomic E-state index is 12.9. The average Bonchev–Trinajstić information content (AvgIpc) is 3.03. The predicted molar refractivity (Wildman–Crippen MR) is 97.8 cm³/mol. The molecule has 1 aromatic carbocycles.